The van der Waals surface area contributed by atoms with E-state index in [4.69, 9.17) is 11.6 Å². The van der Waals surface area contributed by atoms with Crippen LogP contribution in [0.3, 0.4) is 0 Å². The van der Waals surface area contributed by atoms with Crippen LogP contribution in [0.1, 0.15) is 36.8 Å². The molecule has 0 unspecified atom stereocenters. The standard InChI is InChI=1S/C23H31ClN2O.CH3BrO/c1-5-11-20(6-2)16-26(12-9-7-8-10-13-26)17-22(27)25-23-18(3)14-21(24)15-19(23)4;1-3-2/h5-6,11,14-15H,1-2,7-10,12-13,16-17H2,3-4H3;1H3/p+1/b20-11+;. The first-order valence-corrected chi connectivity index (χ1v) is 11.3. The quantitative estimate of drug-likeness (QED) is 0.343. The number of carbonyl (C=O) groups excluding carboxylic acids is 1. The van der Waals surface area contributed by atoms with Gasteiger partial charge >= 0.3 is 0 Å². The molecule has 1 fully saturated rings. The van der Waals surface area contributed by atoms with Crippen molar-refractivity contribution in [2.45, 2.75) is 39.5 Å². The minimum Gasteiger partial charge on any atom is -0.321 e. The number of carbonyl (C=O) groups is 1. The lowest BCUT2D eigenvalue weighted by Gasteiger charge is -2.37. The number of aryl methyl sites for hydroxylation is 2. The average molecular weight is 499 g/mol. The topological polar surface area (TPSA) is 38.3 Å². The fourth-order valence-corrected chi connectivity index (χ4v) is 4.37. The van der Waals surface area contributed by atoms with Crippen LogP contribution in [0.2, 0.25) is 5.02 Å². The monoisotopic (exact) mass is 497 g/mol. The lowest BCUT2D eigenvalue weighted by atomic mass is 10.1. The number of halogens is 2. The van der Waals surface area contributed by atoms with Crippen LogP contribution in [0, 0.1) is 13.8 Å². The molecule has 1 N–H and O–H groups in total. The predicted octanol–water partition coefficient (Wildman–Crippen LogP) is 6.53. The van der Waals surface area contributed by atoms with Crippen molar-refractivity contribution in [2.24, 2.45) is 0 Å². The van der Waals surface area contributed by atoms with E-state index in [-0.39, 0.29) is 5.91 Å². The molecule has 1 aliphatic heterocycles. The smallest absolute Gasteiger partial charge is 0.279 e. The van der Waals surface area contributed by atoms with Gasteiger partial charge in [-0.05, 0) is 62.8 Å². The third kappa shape index (κ3) is 8.76. The number of allylic oxidation sites excluding steroid dienone is 2. The first-order valence-electron chi connectivity index (χ1n) is 10.3. The zero-order valence-electron chi connectivity index (χ0n) is 18.5. The van der Waals surface area contributed by atoms with Gasteiger partial charge in [0.25, 0.3) is 5.91 Å². The number of quaternary nitrogens is 1. The summed E-state index contributed by atoms with van der Waals surface area (Å²) in [7, 11) is 1.54. The molecule has 0 spiro atoms. The number of hydrogen-bond donors (Lipinski definition) is 1. The minimum absolute atomic E-state index is 0.0624. The van der Waals surface area contributed by atoms with Gasteiger partial charge in [-0.1, -0.05) is 43.0 Å². The number of rotatable bonds is 7. The van der Waals surface area contributed by atoms with Gasteiger partial charge in [0.15, 0.2) is 6.54 Å². The number of benzene rings is 1. The van der Waals surface area contributed by atoms with Gasteiger partial charge < -0.3 is 13.6 Å². The van der Waals surface area contributed by atoms with Crippen LogP contribution in [0.25, 0.3) is 0 Å². The number of hydrogen-bond acceptors (Lipinski definition) is 2. The molecule has 1 heterocycles. The van der Waals surface area contributed by atoms with E-state index in [0.29, 0.717) is 11.6 Å². The highest BCUT2D eigenvalue weighted by Crippen LogP contribution is 2.26. The van der Waals surface area contributed by atoms with Crippen molar-refractivity contribution in [2.75, 3.05) is 38.6 Å². The Bertz CT molecular complexity index is 731. The molecule has 0 atom stereocenters. The Morgan fingerprint density at radius 3 is 2.17 bits per heavy atom. The normalized spacial score (nSPS) is 16.0. The summed E-state index contributed by atoms with van der Waals surface area (Å²) in [6.45, 7) is 15.0. The molecular formula is C24H35BrClN2O2+. The van der Waals surface area contributed by atoms with Gasteiger partial charge in [-0.2, -0.15) is 0 Å². The predicted molar refractivity (Wildman–Crippen MR) is 132 cm³/mol. The summed E-state index contributed by atoms with van der Waals surface area (Å²) < 4.78 is 4.84. The van der Waals surface area contributed by atoms with Gasteiger partial charge in [-0.25, -0.2) is 0 Å². The van der Waals surface area contributed by atoms with Crippen LogP contribution < -0.4 is 5.32 Å². The zero-order chi connectivity index (χ0) is 22.6. The van der Waals surface area contributed by atoms with Crippen LogP contribution in [0.5, 0.6) is 0 Å². The first-order chi connectivity index (χ1) is 14.3. The van der Waals surface area contributed by atoms with Crippen LogP contribution >= 0.6 is 27.9 Å². The van der Waals surface area contributed by atoms with Gasteiger partial charge in [0, 0.05) is 16.3 Å². The molecule has 2 rings (SSSR count). The van der Waals surface area contributed by atoms with E-state index in [2.05, 4.69) is 38.6 Å². The summed E-state index contributed by atoms with van der Waals surface area (Å²) in [5.74, 6) is 0.0624. The van der Waals surface area contributed by atoms with Gasteiger partial charge in [0.1, 0.15) is 6.54 Å². The highest BCUT2D eigenvalue weighted by atomic mass is 79.9. The van der Waals surface area contributed by atoms with Crippen molar-refractivity contribution < 1.29 is 13.1 Å². The number of amides is 1. The molecule has 0 aromatic heterocycles. The van der Waals surface area contributed by atoms with Gasteiger partial charge in [0.2, 0.25) is 0 Å². The lowest BCUT2D eigenvalue weighted by molar-refractivity contribution is -0.915. The molecule has 0 saturated carbocycles. The molecule has 0 aliphatic carbocycles. The Labute approximate surface area is 195 Å². The molecule has 6 heteroatoms. The van der Waals surface area contributed by atoms with Crippen molar-refractivity contribution in [1.29, 1.82) is 0 Å². The van der Waals surface area contributed by atoms with Gasteiger partial charge in [0.05, 0.1) is 36.5 Å². The summed E-state index contributed by atoms with van der Waals surface area (Å²) in [5.41, 5.74) is 4.00. The Balaban J connectivity index is 0.00000141. The van der Waals surface area contributed by atoms with E-state index < -0.39 is 0 Å². The number of nitrogens with one attached hydrogen (secondary N) is 1. The number of likely N-dealkylation sites (tertiary alicyclic amines) is 1. The minimum atomic E-state index is 0.0624. The summed E-state index contributed by atoms with van der Waals surface area (Å²) in [6, 6.07) is 3.78. The van der Waals surface area contributed by atoms with E-state index in [1.807, 2.05) is 38.1 Å². The Hall–Kier alpha value is -1.40. The fourth-order valence-electron chi connectivity index (χ4n) is 4.05. The Morgan fingerprint density at radius 1 is 1.17 bits per heavy atom. The molecule has 1 aromatic carbocycles. The third-order valence-electron chi connectivity index (χ3n) is 5.37. The molecule has 1 aliphatic rings. The van der Waals surface area contributed by atoms with Crippen LogP contribution in [-0.4, -0.2) is 43.7 Å². The van der Waals surface area contributed by atoms with E-state index in [0.717, 1.165) is 59.3 Å². The highest BCUT2D eigenvalue weighted by Gasteiger charge is 2.32. The van der Waals surface area contributed by atoms with E-state index in [1.54, 1.807) is 13.2 Å². The van der Waals surface area contributed by atoms with Crippen molar-refractivity contribution in [3.8, 4) is 0 Å². The van der Waals surface area contributed by atoms with Gasteiger partial charge in [-0.3, -0.25) is 4.79 Å². The van der Waals surface area contributed by atoms with Crippen molar-refractivity contribution in [1.82, 2.24) is 0 Å². The van der Waals surface area contributed by atoms with Crippen molar-refractivity contribution in [3.05, 3.63) is 65.2 Å². The second kappa shape index (κ2) is 13.8. The summed E-state index contributed by atoms with van der Waals surface area (Å²) in [5, 5.41) is 3.84. The Kier molecular flexibility index (Phi) is 12.3. The maximum Gasteiger partial charge on any atom is 0.279 e. The highest BCUT2D eigenvalue weighted by molar-refractivity contribution is 9.06. The SMILES string of the molecule is C=C/C=C(\C=C)C[N+]1(CC(=O)Nc2c(C)cc(Cl)cc2C)CCCCCC1.COBr. The molecule has 0 radical (unpaired) electrons. The second-order valence-corrected chi connectivity index (χ2v) is 8.90. The zero-order valence-corrected chi connectivity index (χ0v) is 20.8. The molecule has 1 saturated heterocycles. The molecule has 1 amide bonds. The summed E-state index contributed by atoms with van der Waals surface area (Å²) >= 11 is 8.76. The van der Waals surface area contributed by atoms with Crippen LogP contribution in [0.4, 0.5) is 5.69 Å². The van der Waals surface area contributed by atoms with Crippen molar-refractivity contribution >= 4 is 39.5 Å². The lowest BCUT2D eigenvalue weighted by Crippen LogP contribution is -2.54. The molecule has 4 nitrogen and oxygen atoms in total. The molecule has 0 bridgehead atoms. The summed E-state index contributed by atoms with van der Waals surface area (Å²) in [6.07, 6.45) is 10.5. The largest absolute Gasteiger partial charge is 0.321 e. The number of anilines is 1. The fraction of sp³-hybridized carbons (Fsp3) is 0.458. The van der Waals surface area contributed by atoms with E-state index >= 15 is 0 Å². The second-order valence-electron chi connectivity index (χ2n) is 7.82. The first kappa shape index (κ1) is 26.6. The molecule has 166 valence electrons. The number of nitrogens with zero attached hydrogens (tertiary/aromatic N) is 1. The third-order valence-corrected chi connectivity index (χ3v) is 5.59. The van der Waals surface area contributed by atoms with Gasteiger partial charge in [-0.15, -0.1) is 0 Å². The van der Waals surface area contributed by atoms with Crippen LogP contribution in [0.15, 0.2) is 49.1 Å². The Morgan fingerprint density at radius 2 is 1.70 bits per heavy atom. The van der Waals surface area contributed by atoms with E-state index in [1.165, 1.54) is 12.8 Å². The van der Waals surface area contributed by atoms with Crippen LogP contribution in [-0.2, 0) is 8.62 Å². The van der Waals surface area contributed by atoms with E-state index in [9.17, 15) is 4.79 Å². The maximum atomic E-state index is 13.0. The summed E-state index contributed by atoms with van der Waals surface area (Å²) in [4.78, 5) is 13.0. The molecular weight excluding hydrogens is 464 g/mol. The maximum absolute atomic E-state index is 13.0. The molecule has 1 aromatic rings. The molecule has 30 heavy (non-hydrogen) atoms. The average Bonchev–Trinajstić information content (AvgIpc) is 2.90. The van der Waals surface area contributed by atoms with Crippen molar-refractivity contribution in [3.63, 3.8) is 0 Å².